The summed E-state index contributed by atoms with van der Waals surface area (Å²) in [5, 5.41) is 0.982. The van der Waals surface area contributed by atoms with Crippen molar-refractivity contribution in [3.8, 4) is 0 Å². The molecule has 6 nitrogen and oxygen atoms in total. The molecule has 0 saturated heterocycles. The van der Waals surface area contributed by atoms with Gasteiger partial charge >= 0.3 is 5.97 Å². The Balaban J connectivity index is 2.00. The molecule has 3 rings (SSSR count). The van der Waals surface area contributed by atoms with Crippen molar-refractivity contribution in [1.29, 1.82) is 0 Å². The molecule has 6 heteroatoms. The summed E-state index contributed by atoms with van der Waals surface area (Å²) < 4.78 is 6.74. The fourth-order valence-electron chi connectivity index (χ4n) is 2.93. The standard InChI is InChI=1S/C17H16N2O4/c1-18-10-11(12-5-3-4-6-13(12)18)9-14(17(22)23-2)19-15(20)7-8-16(19)21/h3-8,10,14H,9H2,1-2H3. The summed E-state index contributed by atoms with van der Waals surface area (Å²) in [5.41, 5.74) is 1.90. The SMILES string of the molecule is COC(=O)C(Cc1cn(C)c2ccccc12)N1C(=O)C=CC1=O. The second-order valence-electron chi connectivity index (χ2n) is 5.41. The molecule has 0 bridgehead atoms. The first kappa shape index (κ1) is 15.0. The highest BCUT2D eigenvalue weighted by molar-refractivity contribution is 6.14. The first-order valence-electron chi connectivity index (χ1n) is 7.19. The predicted molar refractivity (Wildman–Crippen MR) is 83.4 cm³/mol. The number of nitrogens with zero attached hydrogens (tertiary/aromatic N) is 2. The maximum Gasteiger partial charge on any atom is 0.329 e. The summed E-state index contributed by atoms with van der Waals surface area (Å²) in [5.74, 6) is -1.60. The van der Waals surface area contributed by atoms with Gasteiger partial charge in [-0.15, -0.1) is 0 Å². The Hall–Kier alpha value is -2.89. The monoisotopic (exact) mass is 312 g/mol. The highest BCUT2D eigenvalue weighted by Crippen LogP contribution is 2.24. The molecule has 0 spiro atoms. The quantitative estimate of drug-likeness (QED) is 0.628. The van der Waals surface area contributed by atoms with Gasteiger partial charge < -0.3 is 9.30 Å². The Kier molecular flexibility index (Phi) is 3.73. The third-order valence-corrected chi connectivity index (χ3v) is 4.02. The number of para-hydroxylation sites is 1. The minimum atomic E-state index is -0.971. The number of esters is 1. The van der Waals surface area contributed by atoms with Gasteiger partial charge in [0.15, 0.2) is 0 Å². The third kappa shape index (κ3) is 2.52. The minimum absolute atomic E-state index is 0.215. The van der Waals surface area contributed by atoms with E-state index in [0.29, 0.717) is 0 Å². The number of hydrogen-bond donors (Lipinski definition) is 0. The number of fused-ring (bicyclic) bond motifs is 1. The normalized spacial score (nSPS) is 15.5. The van der Waals surface area contributed by atoms with Crippen LogP contribution in [0.15, 0.2) is 42.6 Å². The first-order valence-corrected chi connectivity index (χ1v) is 7.19. The van der Waals surface area contributed by atoms with Crippen molar-refractivity contribution in [3.05, 3.63) is 48.2 Å². The van der Waals surface area contributed by atoms with E-state index in [1.165, 1.54) is 19.3 Å². The molecule has 2 heterocycles. The number of ether oxygens (including phenoxy) is 1. The van der Waals surface area contributed by atoms with Crippen LogP contribution in [0.25, 0.3) is 10.9 Å². The molecular weight excluding hydrogens is 296 g/mol. The summed E-state index contributed by atoms with van der Waals surface area (Å²) in [6.45, 7) is 0. The first-order chi connectivity index (χ1) is 11.0. The highest BCUT2D eigenvalue weighted by atomic mass is 16.5. The summed E-state index contributed by atoms with van der Waals surface area (Å²) in [6.07, 6.45) is 4.45. The molecule has 0 fully saturated rings. The molecule has 1 aromatic heterocycles. The van der Waals surface area contributed by atoms with E-state index < -0.39 is 23.8 Å². The molecule has 1 atom stereocenters. The molecule has 1 aliphatic rings. The Morgan fingerprint density at radius 2 is 1.83 bits per heavy atom. The van der Waals surface area contributed by atoms with Crippen LogP contribution in [0.1, 0.15) is 5.56 Å². The van der Waals surface area contributed by atoms with Crippen LogP contribution in [0.2, 0.25) is 0 Å². The van der Waals surface area contributed by atoms with Crippen LogP contribution in [0.4, 0.5) is 0 Å². The van der Waals surface area contributed by atoms with E-state index in [1.54, 1.807) is 0 Å². The van der Waals surface area contributed by atoms with E-state index in [2.05, 4.69) is 0 Å². The lowest BCUT2D eigenvalue weighted by atomic mass is 10.0. The molecule has 0 saturated carbocycles. The van der Waals surface area contributed by atoms with Crippen molar-refractivity contribution >= 4 is 28.7 Å². The number of benzene rings is 1. The summed E-state index contributed by atoms with van der Waals surface area (Å²) >= 11 is 0. The topological polar surface area (TPSA) is 68.6 Å². The number of amides is 2. The van der Waals surface area contributed by atoms with Crippen molar-refractivity contribution in [1.82, 2.24) is 9.47 Å². The maximum atomic E-state index is 12.1. The number of hydrogen-bond acceptors (Lipinski definition) is 4. The van der Waals surface area contributed by atoms with E-state index >= 15 is 0 Å². The van der Waals surface area contributed by atoms with Crippen molar-refractivity contribution < 1.29 is 19.1 Å². The smallest absolute Gasteiger partial charge is 0.329 e. The number of methoxy groups -OCH3 is 1. The van der Waals surface area contributed by atoms with E-state index in [4.69, 9.17) is 4.74 Å². The van der Waals surface area contributed by atoms with Gasteiger partial charge in [-0.05, 0) is 11.6 Å². The molecule has 1 unspecified atom stereocenters. The van der Waals surface area contributed by atoms with Gasteiger partial charge in [-0.3, -0.25) is 14.5 Å². The predicted octanol–water partition coefficient (Wildman–Crippen LogP) is 1.19. The van der Waals surface area contributed by atoms with Crippen molar-refractivity contribution in [2.75, 3.05) is 7.11 Å². The summed E-state index contributed by atoms with van der Waals surface area (Å²) in [7, 11) is 3.16. The molecule has 0 N–H and O–H groups in total. The average Bonchev–Trinajstić information content (AvgIpc) is 3.05. The minimum Gasteiger partial charge on any atom is -0.467 e. The summed E-state index contributed by atoms with van der Waals surface area (Å²) in [4.78, 5) is 36.9. The van der Waals surface area contributed by atoms with Gasteiger partial charge in [0, 0.05) is 42.7 Å². The van der Waals surface area contributed by atoms with Crippen LogP contribution in [0, 0.1) is 0 Å². The molecule has 118 valence electrons. The van der Waals surface area contributed by atoms with Crippen LogP contribution in [0.5, 0.6) is 0 Å². The molecule has 0 aliphatic carbocycles. The fourth-order valence-corrected chi connectivity index (χ4v) is 2.93. The maximum absolute atomic E-state index is 12.1. The number of imide groups is 1. The number of carbonyl (C=O) groups is 3. The number of aryl methyl sites for hydroxylation is 1. The second-order valence-corrected chi connectivity index (χ2v) is 5.41. The molecule has 2 aromatic rings. The fraction of sp³-hybridized carbons (Fsp3) is 0.235. The molecule has 0 radical (unpaired) electrons. The lowest BCUT2D eigenvalue weighted by molar-refractivity contribution is -0.155. The molecular formula is C17H16N2O4. The van der Waals surface area contributed by atoms with Crippen molar-refractivity contribution in [2.24, 2.45) is 7.05 Å². The number of rotatable bonds is 4. The summed E-state index contributed by atoms with van der Waals surface area (Å²) in [6, 6.07) is 6.79. The molecule has 23 heavy (non-hydrogen) atoms. The average molecular weight is 312 g/mol. The highest BCUT2D eigenvalue weighted by Gasteiger charge is 2.37. The number of aromatic nitrogens is 1. The van der Waals surface area contributed by atoms with Gasteiger partial charge in [-0.1, -0.05) is 18.2 Å². The van der Waals surface area contributed by atoms with Gasteiger partial charge in [-0.2, -0.15) is 0 Å². The zero-order valence-electron chi connectivity index (χ0n) is 12.9. The zero-order chi connectivity index (χ0) is 16.6. The van der Waals surface area contributed by atoms with Crippen molar-refractivity contribution in [3.63, 3.8) is 0 Å². The van der Waals surface area contributed by atoms with Gasteiger partial charge in [0.2, 0.25) is 0 Å². The van der Waals surface area contributed by atoms with E-state index in [9.17, 15) is 14.4 Å². The lowest BCUT2D eigenvalue weighted by Crippen LogP contribution is -2.46. The Labute approximate surface area is 132 Å². The van der Waals surface area contributed by atoms with Gasteiger partial charge in [0.1, 0.15) is 6.04 Å². The Morgan fingerprint density at radius 3 is 2.48 bits per heavy atom. The van der Waals surface area contributed by atoms with Crippen molar-refractivity contribution in [2.45, 2.75) is 12.5 Å². The second kappa shape index (κ2) is 5.72. The molecule has 1 aromatic carbocycles. The third-order valence-electron chi connectivity index (χ3n) is 4.02. The van der Waals surface area contributed by atoms with E-state index in [-0.39, 0.29) is 6.42 Å². The lowest BCUT2D eigenvalue weighted by Gasteiger charge is -2.23. The number of carbonyl (C=O) groups excluding carboxylic acids is 3. The van der Waals surface area contributed by atoms with Crippen LogP contribution in [-0.2, 0) is 32.6 Å². The van der Waals surface area contributed by atoms with E-state index in [1.807, 2.05) is 42.1 Å². The zero-order valence-corrected chi connectivity index (χ0v) is 12.9. The van der Waals surface area contributed by atoms with Gasteiger partial charge in [-0.25, -0.2) is 4.79 Å². The molecule has 1 aliphatic heterocycles. The van der Waals surface area contributed by atoms with Crippen LogP contribution in [-0.4, -0.2) is 40.4 Å². The van der Waals surface area contributed by atoms with Crippen LogP contribution < -0.4 is 0 Å². The van der Waals surface area contributed by atoms with Crippen LogP contribution >= 0.6 is 0 Å². The van der Waals surface area contributed by atoms with Gasteiger partial charge in [0.05, 0.1) is 7.11 Å². The van der Waals surface area contributed by atoms with Crippen LogP contribution in [0.3, 0.4) is 0 Å². The van der Waals surface area contributed by atoms with Gasteiger partial charge in [0.25, 0.3) is 11.8 Å². The molecule has 2 amide bonds. The largest absolute Gasteiger partial charge is 0.467 e. The van der Waals surface area contributed by atoms with E-state index in [0.717, 1.165) is 21.4 Å². The Bertz CT molecular complexity index is 816. The Morgan fingerprint density at radius 1 is 1.17 bits per heavy atom.